The number of hydrogen-bond donors (Lipinski definition) is 0. The number of hydrogen-bond acceptors (Lipinski definition) is 1. The second kappa shape index (κ2) is 3.80. The normalized spacial score (nSPS) is 9.42. The Morgan fingerprint density at radius 2 is 2.00 bits per heavy atom. The number of halogens is 1. The molecule has 0 aliphatic heterocycles. The third-order valence-corrected chi connectivity index (χ3v) is 1.77. The molecule has 1 aromatic heterocycles. The van der Waals surface area contributed by atoms with Gasteiger partial charge in [-0.05, 0) is 6.07 Å². The van der Waals surface area contributed by atoms with Crippen molar-refractivity contribution in [3.05, 3.63) is 36.7 Å². The van der Waals surface area contributed by atoms with Gasteiger partial charge in [0.15, 0.2) is 6.20 Å². The van der Waals surface area contributed by atoms with Gasteiger partial charge >= 0.3 is 0 Å². The summed E-state index contributed by atoms with van der Waals surface area (Å²) < 4.78 is 2.06. The number of aromatic nitrogens is 2. The Bertz CT molecular complexity index is 382. The van der Waals surface area contributed by atoms with Crippen molar-refractivity contribution in [2.24, 2.45) is 7.05 Å². The van der Waals surface area contributed by atoms with E-state index in [9.17, 15) is 0 Å². The lowest BCUT2D eigenvalue weighted by Gasteiger charge is -1.92. The van der Waals surface area contributed by atoms with E-state index in [4.69, 9.17) is 0 Å². The Balaban J connectivity index is 0.000000720. The van der Waals surface area contributed by atoms with Gasteiger partial charge in [0, 0.05) is 6.07 Å². The smallest absolute Gasteiger partial charge is 0.230 e. The van der Waals surface area contributed by atoms with Crippen molar-refractivity contribution in [3.8, 4) is 0 Å². The minimum absolute atomic E-state index is 0. The summed E-state index contributed by atoms with van der Waals surface area (Å²) in [5, 5.41) is 0. The molecule has 2 rings (SSSR count). The molecule has 0 bridgehead atoms. The van der Waals surface area contributed by atoms with Crippen molar-refractivity contribution in [1.82, 2.24) is 4.98 Å². The Kier molecular flexibility index (Phi) is 2.97. The Labute approximate surface area is 88.3 Å². The van der Waals surface area contributed by atoms with E-state index in [1.54, 1.807) is 0 Å². The largest absolute Gasteiger partial charge is 1.00 e. The van der Waals surface area contributed by atoms with Crippen LogP contribution in [0.25, 0.3) is 11.0 Å². The van der Waals surface area contributed by atoms with Gasteiger partial charge in [-0.25, -0.2) is 4.98 Å². The summed E-state index contributed by atoms with van der Waals surface area (Å²) in [7, 11) is 2.02. The fourth-order valence-electron chi connectivity index (χ4n) is 1.17. The Morgan fingerprint density at radius 3 is 2.75 bits per heavy atom. The van der Waals surface area contributed by atoms with Crippen molar-refractivity contribution >= 4 is 11.0 Å². The average molecular weight is 272 g/mol. The lowest BCUT2D eigenvalue weighted by molar-refractivity contribution is -0.645. The molecule has 0 spiro atoms. The molecule has 1 aromatic carbocycles. The lowest BCUT2D eigenvalue weighted by atomic mass is 10.3. The van der Waals surface area contributed by atoms with Crippen LogP contribution in [0, 0.1) is 0 Å². The van der Waals surface area contributed by atoms with E-state index in [0.717, 1.165) is 11.0 Å². The number of fused-ring (bicyclic) bond motifs is 1. The van der Waals surface area contributed by atoms with Gasteiger partial charge in [-0.2, -0.15) is 4.57 Å². The zero-order chi connectivity index (χ0) is 7.68. The fraction of sp³-hybridized carbons (Fsp3) is 0.111. The number of nitrogens with zero attached hydrogens (tertiary/aromatic N) is 2. The molecule has 62 valence electrons. The van der Waals surface area contributed by atoms with Gasteiger partial charge < -0.3 is 24.0 Å². The van der Waals surface area contributed by atoms with E-state index in [1.807, 2.05) is 37.6 Å². The molecule has 2 nitrogen and oxygen atoms in total. The summed E-state index contributed by atoms with van der Waals surface area (Å²) in [4.78, 5) is 4.22. The molecule has 12 heavy (non-hydrogen) atoms. The van der Waals surface area contributed by atoms with Gasteiger partial charge in [-0.1, -0.05) is 12.1 Å². The first kappa shape index (κ1) is 9.38. The third kappa shape index (κ3) is 1.55. The molecule has 0 aliphatic rings. The lowest BCUT2D eigenvalue weighted by Crippen LogP contribution is -3.00. The molecule has 0 aliphatic carbocycles. The number of para-hydroxylation sites is 2. The molecule has 0 amide bonds. The first-order valence-electron chi connectivity index (χ1n) is 3.57. The maximum absolute atomic E-state index is 4.22. The molecular formula is C9H9IN2. The van der Waals surface area contributed by atoms with Crippen LogP contribution in [0.15, 0.2) is 36.7 Å². The van der Waals surface area contributed by atoms with Crippen molar-refractivity contribution < 1.29 is 28.5 Å². The van der Waals surface area contributed by atoms with Gasteiger partial charge in [0.1, 0.15) is 12.6 Å². The van der Waals surface area contributed by atoms with Crippen molar-refractivity contribution in [3.63, 3.8) is 0 Å². The Morgan fingerprint density at radius 1 is 1.25 bits per heavy atom. The van der Waals surface area contributed by atoms with Crippen LogP contribution in [-0.4, -0.2) is 4.98 Å². The van der Waals surface area contributed by atoms with Crippen molar-refractivity contribution in [1.29, 1.82) is 0 Å². The molecular weight excluding hydrogens is 263 g/mol. The number of aryl methyl sites for hydroxylation is 1. The topological polar surface area (TPSA) is 16.8 Å². The van der Waals surface area contributed by atoms with Crippen LogP contribution >= 0.6 is 0 Å². The molecule has 0 saturated heterocycles. The zero-order valence-corrected chi connectivity index (χ0v) is 8.89. The molecule has 3 heteroatoms. The van der Waals surface area contributed by atoms with E-state index in [-0.39, 0.29) is 24.0 Å². The highest BCUT2D eigenvalue weighted by Crippen LogP contribution is 2.02. The van der Waals surface area contributed by atoms with Gasteiger partial charge in [0.25, 0.3) is 0 Å². The summed E-state index contributed by atoms with van der Waals surface area (Å²) in [6.07, 6.45) is 3.75. The first-order valence-corrected chi connectivity index (χ1v) is 3.57. The summed E-state index contributed by atoms with van der Waals surface area (Å²) in [6, 6.07) is 8.08. The van der Waals surface area contributed by atoms with Gasteiger partial charge in [0.05, 0.1) is 6.20 Å². The van der Waals surface area contributed by atoms with E-state index in [2.05, 4.69) is 15.6 Å². The predicted octanol–water partition coefficient (Wildman–Crippen LogP) is -1.94. The highest BCUT2D eigenvalue weighted by atomic mass is 127. The van der Waals surface area contributed by atoms with Crippen LogP contribution in [0.2, 0.25) is 0 Å². The molecule has 0 radical (unpaired) electrons. The number of benzene rings is 1. The highest BCUT2D eigenvalue weighted by Gasteiger charge is 2.00. The molecule has 0 fully saturated rings. The fourth-order valence-corrected chi connectivity index (χ4v) is 1.17. The average Bonchev–Trinajstić information content (AvgIpc) is 2.06. The van der Waals surface area contributed by atoms with E-state index >= 15 is 0 Å². The SMILES string of the molecule is C[n+]1ccnc2ccccc21.[I-]. The van der Waals surface area contributed by atoms with Crippen molar-refractivity contribution in [2.75, 3.05) is 0 Å². The Hall–Kier alpha value is -0.710. The first-order chi connectivity index (χ1) is 5.38. The second-order valence-corrected chi connectivity index (χ2v) is 2.53. The van der Waals surface area contributed by atoms with E-state index < -0.39 is 0 Å². The van der Waals surface area contributed by atoms with Gasteiger partial charge in [-0.15, -0.1) is 0 Å². The highest BCUT2D eigenvalue weighted by molar-refractivity contribution is 5.69. The second-order valence-electron chi connectivity index (χ2n) is 2.53. The quantitative estimate of drug-likeness (QED) is 0.403. The van der Waals surface area contributed by atoms with E-state index in [0.29, 0.717) is 0 Å². The summed E-state index contributed by atoms with van der Waals surface area (Å²) in [5.74, 6) is 0. The van der Waals surface area contributed by atoms with Crippen LogP contribution in [-0.2, 0) is 7.05 Å². The monoisotopic (exact) mass is 272 g/mol. The van der Waals surface area contributed by atoms with Crippen LogP contribution in [0.1, 0.15) is 0 Å². The number of rotatable bonds is 0. The standard InChI is InChI=1S/C9H9N2.HI/c1-11-7-6-10-8-4-2-3-5-9(8)11;/h2-7H,1H3;1H/q+1;/p-1. The zero-order valence-electron chi connectivity index (χ0n) is 6.74. The predicted molar refractivity (Wildman–Crippen MR) is 42.9 cm³/mol. The maximum atomic E-state index is 4.22. The third-order valence-electron chi connectivity index (χ3n) is 1.77. The summed E-state index contributed by atoms with van der Waals surface area (Å²) in [6.45, 7) is 0. The minimum atomic E-state index is 0. The van der Waals surface area contributed by atoms with Crippen molar-refractivity contribution in [2.45, 2.75) is 0 Å². The maximum Gasteiger partial charge on any atom is 0.230 e. The minimum Gasteiger partial charge on any atom is -1.00 e. The van der Waals surface area contributed by atoms with Crippen LogP contribution in [0.5, 0.6) is 0 Å². The molecule has 1 heterocycles. The van der Waals surface area contributed by atoms with Gasteiger partial charge in [-0.3, -0.25) is 0 Å². The van der Waals surface area contributed by atoms with Crippen LogP contribution in [0.3, 0.4) is 0 Å². The molecule has 0 unspecified atom stereocenters. The molecule has 0 saturated carbocycles. The van der Waals surface area contributed by atoms with Crippen LogP contribution < -0.4 is 28.5 Å². The molecule has 0 atom stereocenters. The van der Waals surface area contributed by atoms with Gasteiger partial charge in [0.2, 0.25) is 5.52 Å². The summed E-state index contributed by atoms with van der Waals surface area (Å²) in [5.41, 5.74) is 2.20. The van der Waals surface area contributed by atoms with E-state index in [1.165, 1.54) is 0 Å². The summed E-state index contributed by atoms with van der Waals surface area (Å²) >= 11 is 0. The van der Waals surface area contributed by atoms with Crippen LogP contribution in [0.4, 0.5) is 0 Å². The molecule has 2 aromatic rings. The molecule has 0 N–H and O–H groups in total.